The van der Waals surface area contributed by atoms with E-state index in [4.69, 9.17) is 0 Å². The number of rotatable bonds is 7. The molecule has 0 saturated carbocycles. The van der Waals surface area contributed by atoms with Gasteiger partial charge in [0.25, 0.3) is 0 Å². The summed E-state index contributed by atoms with van der Waals surface area (Å²) in [5, 5.41) is 26.4. The molecule has 2 heterocycles. The molecule has 0 bridgehead atoms. The lowest BCUT2D eigenvalue weighted by atomic mass is 9.92. The first-order chi connectivity index (χ1) is 39.1. The third-order valence-corrected chi connectivity index (χ3v) is 16.8. The Balaban J connectivity index is 1.28. The molecule has 12 rings (SSSR count). The molecule has 0 fully saturated rings. The molecular weight excluding hydrogens is 1010 g/mol. The first-order valence-electron chi connectivity index (χ1n) is 27.8. The van der Waals surface area contributed by atoms with Crippen molar-refractivity contribution in [2.45, 2.75) is 89.3 Å². The predicted molar refractivity (Wildman–Crippen MR) is 334 cm³/mol. The fourth-order valence-electron chi connectivity index (χ4n) is 14.0. The number of fused-ring (bicyclic) bond motifs is 6. The quantitative estimate of drug-likeness (QED) is 0.160. The second-order valence-corrected chi connectivity index (χ2v) is 23.1. The highest BCUT2D eigenvalue weighted by Gasteiger charge is 2.32. The molecular formula is C75H61F3N4. The van der Waals surface area contributed by atoms with Crippen molar-refractivity contribution in [3.05, 3.63) is 235 Å². The highest BCUT2D eigenvalue weighted by Crippen LogP contribution is 2.46. The van der Waals surface area contributed by atoms with Crippen LogP contribution >= 0.6 is 0 Å². The van der Waals surface area contributed by atoms with Crippen molar-refractivity contribution in [2.24, 2.45) is 0 Å². The second-order valence-electron chi connectivity index (χ2n) is 23.1. The summed E-state index contributed by atoms with van der Waals surface area (Å²) in [6.07, 6.45) is -4.75. The summed E-state index contributed by atoms with van der Waals surface area (Å²) < 4.78 is 49.6. The van der Waals surface area contributed by atoms with Crippen LogP contribution in [0.2, 0.25) is 0 Å². The van der Waals surface area contributed by atoms with Gasteiger partial charge in [-0.2, -0.15) is 23.7 Å². The van der Waals surface area contributed by atoms with Gasteiger partial charge in [0.2, 0.25) is 0 Å². The predicted octanol–water partition coefficient (Wildman–Crippen LogP) is 20.7. The molecule has 0 atom stereocenters. The number of aromatic nitrogens is 2. The van der Waals surface area contributed by atoms with Crippen molar-refractivity contribution in [1.82, 2.24) is 9.13 Å². The van der Waals surface area contributed by atoms with Crippen molar-refractivity contribution in [2.75, 3.05) is 0 Å². The van der Waals surface area contributed by atoms with Gasteiger partial charge in [-0.05, 0) is 238 Å². The number of nitriles is 2. The maximum atomic E-state index is 15.1. The van der Waals surface area contributed by atoms with E-state index in [-0.39, 0.29) is 11.1 Å². The summed E-state index contributed by atoms with van der Waals surface area (Å²) in [6.45, 7) is 25.5. The smallest absolute Gasteiger partial charge is 0.308 e. The molecule has 2 aromatic heterocycles. The number of halogens is 3. The number of alkyl halides is 3. The summed E-state index contributed by atoms with van der Waals surface area (Å²) in [6, 6.07) is 55.7. The van der Waals surface area contributed by atoms with E-state index in [9.17, 15) is 10.5 Å². The highest BCUT2D eigenvalue weighted by atomic mass is 19.4. The molecule has 0 saturated heterocycles. The van der Waals surface area contributed by atoms with E-state index in [1.807, 2.05) is 18.2 Å². The SMILES string of the molecule is Cc1cc(C)c(-c2ccc3c4ccc(-c5c(C)cc(C)cc5C)cc4n(-c4cc(-c5cc(C#N)cc(C(F)(F)F)c5)cc(-n5c6cc(-c7c(C)cc(C)cc7C)ccc6c6ccc(-c7c(C)cc(C)cc7C)cc65)c4C#N)c3c2)c(C)c1. The van der Waals surface area contributed by atoms with Crippen molar-refractivity contribution in [3.63, 3.8) is 0 Å². The molecule has 0 amide bonds. The maximum Gasteiger partial charge on any atom is 0.416 e. The zero-order valence-electron chi connectivity index (χ0n) is 48.4. The van der Waals surface area contributed by atoms with Crippen LogP contribution in [-0.2, 0) is 6.18 Å². The third kappa shape index (κ3) is 8.84. The van der Waals surface area contributed by atoms with Gasteiger partial charge in [0.15, 0.2) is 0 Å². The van der Waals surface area contributed by atoms with Crippen molar-refractivity contribution >= 4 is 43.6 Å². The summed E-state index contributed by atoms with van der Waals surface area (Å²) in [5.41, 5.74) is 26.2. The Labute approximate surface area is 477 Å². The average molecular weight is 1080 g/mol. The lowest BCUT2D eigenvalue weighted by Crippen LogP contribution is -2.07. The van der Waals surface area contributed by atoms with Crippen LogP contribution in [-0.4, -0.2) is 9.13 Å². The second kappa shape index (κ2) is 19.7. The van der Waals surface area contributed by atoms with Gasteiger partial charge in [-0.1, -0.05) is 119 Å². The Hall–Kier alpha value is -9.43. The van der Waals surface area contributed by atoms with Gasteiger partial charge >= 0.3 is 6.18 Å². The van der Waals surface area contributed by atoms with E-state index in [0.717, 1.165) is 167 Å². The van der Waals surface area contributed by atoms with Crippen molar-refractivity contribution in [1.29, 1.82) is 10.5 Å². The Kier molecular flexibility index (Phi) is 12.8. The lowest BCUT2D eigenvalue weighted by Gasteiger charge is -2.20. The maximum absolute atomic E-state index is 15.1. The molecule has 0 aliphatic carbocycles. The molecule has 0 aliphatic rings. The zero-order valence-corrected chi connectivity index (χ0v) is 48.4. The van der Waals surface area contributed by atoms with Crippen LogP contribution in [0.1, 0.15) is 83.5 Å². The van der Waals surface area contributed by atoms with E-state index in [1.54, 1.807) is 0 Å². The third-order valence-electron chi connectivity index (χ3n) is 16.8. The molecule has 0 aliphatic heterocycles. The molecule has 0 radical (unpaired) electrons. The number of hydrogen-bond donors (Lipinski definition) is 0. The monoisotopic (exact) mass is 1070 g/mol. The van der Waals surface area contributed by atoms with Gasteiger partial charge in [-0.3, -0.25) is 0 Å². The Bertz CT molecular complexity index is 4250. The van der Waals surface area contributed by atoms with Crippen LogP contribution in [0.15, 0.2) is 152 Å². The van der Waals surface area contributed by atoms with Crippen molar-refractivity contribution < 1.29 is 13.2 Å². The minimum atomic E-state index is -4.75. The van der Waals surface area contributed by atoms with E-state index in [2.05, 4.69) is 220 Å². The molecule has 0 unspecified atom stereocenters. The highest BCUT2D eigenvalue weighted by molar-refractivity contribution is 6.14. The summed E-state index contributed by atoms with van der Waals surface area (Å²) >= 11 is 0. The topological polar surface area (TPSA) is 57.4 Å². The van der Waals surface area contributed by atoms with Crippen LogP contribution in [0, 0.1) is 106 Å². The van der Waals surface area contributed by atoms with Gasteiger partial charge in [0.05, 0.1) is 50.6 Å². The first-order valence-corrected chi connectivity index (χ1v) is 27.8. The number of nitrogens with zero attached hydrogens (tertiary/aromatic N) is 4. The van der Waals surface area contributed by atoms with Crippen LogP contribution in [0.25, 0.3) is 111 Å². The van der Waals surface area contributed by atoms with E-state index in [0.29, 0.717) is 22.5 Å². The van der Waals surface area contributed by atoms with Gasteiger partial charge in [-0.15, -0.1) is 0 Å². The van der Waals surface area contributed by atoms with Crippen molar-refractivity contribution in [3.8, 4) is 79.1 Å². The molecule has 0 spiro atoms. The van der Waals surface area contributed by atoms with Crippen LogP contribution in [0.4, 0.5) is 13.2 Å². The standard InChI is InChI=1S/C75H61F3N4/c1-40-21-44(5)71(45(6)22-40)53-13-17-60-61-18-14-54(72-46(7)23-41(2)24-47(72)8)33-66(61)81(65(60)32-53)69-36-58(57-29-52(38-79)30-59(31-57)75(76,77)78)37-70(64(69)39-80)82-67-34-55(73-48(9)25-42(3)26-49(73)10)15-19-62(67)63-20-16-56(35-68(63)82)74-50(11)27-43(4)28-51(74)12/h13-37H,1-12H3. The molecule has 0 N–H and O–H groups in total. The Morgan fingerprint density at radius 3 is 0.854 bits per heavy atom. The molecule has 402 valence electrons. The van der Waals surface area contributed by atoms with Crippen LogP contribution in [0.5, 0.6) is 0 Å². The largest absolute Gasteiger partial charge is 0.416 e. The van der Waals surface area contributed by atoms with Crippen LogP contribution < -0.4 is 0 Å². The lowest BCUT2D eigenvalue weighted by molar-refractivity contribution is -0.137. The fourth-order valence-corrected chi connectivity index (χ4v) is 14.0. The summed E-state index contributed by atoms with van der Waals surface area (Å²) in [4.78, 5) is 0. The van der Waals surface area contributed by atoms with E-state index < -0.39 is 11.7 Å². The van der Waals surface area contributed by atoms with Gasteiger partial charge in [0, 0.05) is 21.5 Å². The Morgan fingerprint density at radius 1 is 0.317 bits per heavy atom. The Morgan fingerprint density at radius 2 is 0.598 bits per heavy atom. The van der Waals surface area contributed by atoms with E-state index >= 15 is 13.2 Å². The normalized spacial score (nSPS) is 11.8. The van der Waals surface area contributed by atoms with Gasteiger partial charge in [0.1, 0.15) is 11.6 Å². The summed E-state index contributed by atoms with van der Waals surface area (Å²) in [7, 11) is 0. The number of hydrogen-bond acceptors (Lipinski definition) is 2. The summed E-state index contributed by atoms with van der Waals surface area (Å²) in [5.74, 6) is 0. The number of benzene rings is 10. The fraction of sp³-hybridized carbons (Fsp3) is 0.173. The molecule has 10 aromatic carbocycles. The van der Waals surface area contributed by atoms with Gasteiger partial charge < -0.3 is 9.13 Å². The zero-order chi connectivity index (χ0) is 58.0. The minimum absolute atomic E-state index is 0.130. The average Bonchev–Trinajstić information content (AvgIpc) is 2.89. The van der Waals surface area contributed by atoms with E-state index in [1.165, 1.54) is 6.07 Å². The first kappa shape index (κ1) is 53.2. The number of aryl methyl sites for hydroxylation is 12. The van der Waals surface area contributed by atoms with Crippen LogP contribution in [0.3, 0.4) is 0 Å². The molecule has 82 heavy (non-hydrogen) atoms. The molecule has 4 nitrogen and oxygen atoms in total. The minimum Gasteiger partial charge on any atom is -0.308 e. The molecule has 7 heteroatoms. The molecule has 12 aromatic rings. The van der Waals surface area contributed by atoms with Gasteiger partial charge in [-0.25, -0.2) is 0 Å².